The molecule has 4 heterocycles. The maximum Gasteiger partial charge on any atom is 0.352 e. The van der Waals surface area contributed by atoms with Crippen molar-refractivity contribution in [3.63, 3.8) is 0 Å². The van der Waals surface area contributed by atoms with Crippen molar-refractivity contribution in [3.8, 4) is 16.9 Å². The van der Waals surface area contributed by atoms with Gasteiger partial charge in [0.15, 0.2) is 0 Å². The topological polar surface area (TPSA) is 109 Å². The first-order valence-electron chi connectivity index (χ1n) is 15.1. The quantitative estimate of drug-likeness (QED) is 0.166. The standard InChI is InChI=1S/C35H35N5O3S2/c1-20-28-17-31(40(4)39-28)35(2,3)45-22-15-21-9-5-6-10-23(21)30(16-22)43-14-8-13-25-24-11-7-12-26(32(24)37-33(25)34(41)42)27-18-36-38-29(27)19-44-20/h5-7,9-12,15-18,20,37H,8,13-14,19H2,1-4H3,(H,36,38)(H,41,42). The fourth-order valence-electron chi connectivity index (χ4n) is 6.35. The number of aromatic amines is 2. The van der Waals surface area contributed by atoms with E-state index < -0.39 is 5.97 Å². The van der Waals surface area contributed by atoms with Gasteiger partial charge in [0.1, 0.15) is 11.4 Å². The molecular weight excluding hydrogens is 603 g/mol. The normalized spacial score (nSPS) is 17.1. The van der Waals surface area contributed by atoms with E-state index in [4.69, 9.17) is 9.84 Å². The van der Waals surface area contributed by atoms with Crippen LogP contribution in [-0.2, 0) is 24.0 Å². The average molecular weight is 638 g/mol. The summed E-state index contributed by atoms with van der Waals surface area (Å²) >= 11 is 3.59. The van der Waals surface area contributed by atoms with Crippen molar-refractivity contribution in [2.75, 3.05) is 6.61 Å². The van der Waals surface area contributed by atoms with Gasteiger partial charge >= 0.3 is 5.97 Å². The van der Waals surface area contributed by atoms with Gasteiger partial charge in [-0.25, -0.2) is 4.79 Å². The molecule has 1 aliphatic heterocycles. The second-order valence-corrected chi connectivity index (χ2v) is 15.0. The van der Waals surface area contributed by atoms with E-state index in [1.807, 2.05) is 42.2 Å². The Morgan fingerprint density at radius 2 is 1.91 bits per heavy atom. The summed E-state index contributed by atoms with van der Waals surface area (Å²) in [7, 11) is 2.02. The Morgan fingerprint density at radius 1 is 1.09 bits per heavy atom. The van der Waals surface area contributed by atoms with Crippen molar-refractivity contribution >= 4 is 51.2 Å². The van der Waals surface area contributed by atoms with Gasteiger partial charge in [-0.3, -0.25) is 9.78 Å². The first-order valence-corrected chi connectivity index (χ1v) is 17.0. The minimum atomic E-state index is -0.965. The van der Waals surface area contributed by atoms with Gasteiger partial charge in [-0.05, 0) is 62.8 Å². The van der Waals surface area contributed by atoms with Crippen LogP contribution in [0, 0.1) is 0 Å². The highest BCUT2D eigenvalue weighted by atomic mass is 32.2. The summed E-state index contributed by atoms with van der Waals surface area (Å²) in [4.78, 5) is 16.8. The van der Waals surface area contributed by atoms with E-state index in [0.717, 1.165) is 66.1 Å². The second-order valence-electron chi connectivity index (χ2n) is 12.0. The predicted molar refractivity (Wildman–Crippen MR) is 182 cm³/mol. The van der Waals surface area contributed by atoms with Crippen molar-refractivity contribution in [2.24, 2.45) is 7.05 Å². The molecule has 0 spiro atoms. The van der Waals surface area contributed by atoms with Crippen LogP contribution in [0.15, 0.2) is 71.8 Å². The van der Waals surface area contributed by atoms with Gasteiger partial charge in [0, 0.05) is 44.8 Å². The van der Waals surface area contributed by atoms with E-state index in [9.17, 15) is 9.90 Å². The van der Waals surface area contributed by atoms with Crippen LogP contribution in [0.5, 0.6) is 5.75 Å². The van der Waals surface area contributed by atoms with Crippen LogP contribution < -0.4 is 4.74 Å². The van der Waals surface area contributed by atoms with Gasteiger partial charge in [-0.15, -0.1) is 23.5 Å². The van der Waals surface area contributed by atoms with Crippen LogP contribution in [0.3, 0.4) is 0 Å². The Bertz CT molecular complexity index is 2060. The Labute approximate surface area is 270 Å². The Balaban J connectivity index is 1.34. The Kier molecular flexibility index (Phi) is 7.65. The number of benzene rings is 3. The molecule has 0 radical (unpaired) electrons. The van der Waals surface area contributed by atoms with Crippen LogP contribution in [-0.4, -0.2) is 42.6 Å². The number of rotatable bonds is 1. The molecule has 0 aliphatic carbocycles. The number of nitrogens with one attached hydrogen (secondary N) is 2. The van der Waals surface area contributed by atoms with Crippen LogP contribution in [0.2, 0.25) is 0 Å². The molecule has 3 aromatic heterocycles. The van der Waals surface area contributed by atoms with Crippen LogP contribution in [0.25, 0.3) is 32.8 Å². The fourth-order valence-corrected chi connectivity index (χ4v) is 8.51. The minimum absolute atomic E-state index is 0.142. The number of aromatic nitrogens is 5. The molecule has 0 fully saturated rings. The van der Waals surface area contributed by atoms with Crippen molar-refractivity contribution < 1.29 is 14.6 Å². The highest BCUT2D eigenvalue weighted by molar-refractivity contribution is 8.00. The molecule has 0 amide bonds. The van der Waals surface area contributed by atoms with E-state index in [2.05, 4.69) is 72.4 Å². The molecule has 0 saturated carbocycles. The predicted octanol–water partition coefficient (Wildman–Crippen LogP) is 8.49. The third-order valence-corrected chi connectivity index (χ3v) is 11.0. The van der Waals surface area contributed by atoms with E-state index in [0.29, 0.717) is 25.2 Å². The first-order chi connectivity index (χ1) is 21.7. The van der Waals surface area contributed by atoms with Gasteiger partial charge in [-0.1, -0.05) is 42.5 Å². The lowest BCUT2D eigenvalue weighted by Gasteiger charge is -2.25. The maximum atomic E-state index is 12.4. The number of para-hydroxylation sites is 1. The van der Waals surface area contributed by atoms with Crippen molar-refractivity contribution in [1.29, 1.82) is 0 Å². The molecule has 3 N–H and O–H groups in total. The second kappa shape index (κ2) is 11.7. The zero-order chi connectivity index (χ0) is 31.3. The molecule has 1 atom stereocenters. The molecule has 8 bridgehead atoms. The number of carboxylic acid groups (broad SMARTS) is 1. The summed E-state index contributed by atoms with van der Waals surface area (Å²) in [5.41, 5.74) is 6.90. The molecule has 230 valence electrons. The van der Waals surface area contributed by atoms with E-state index in [-0.39, 0.29) is 15.7 Å². The van der Waals surface area contributed by atoms with E-state index in [1.54, 1.807) is 23.5 Å². The van der Waals surface area contributed by atoms with Crippen molar-refractivity contribution in [3.05, 3.63) is 95.2 Å². The number of nitrogens with zero attached hydrogens (tertiary/aromatic N) is 3. The molecule has 1 aliphatic rings. The number of aromatic carboxylic acids is 1. The van der Waals surface area contributed by atoms with E-state index in [1.165, 1.54) is 0 Å². The lowest BCUT2D eigenvalue weighted by atomic mass is 10.0. The third kappa shape index (κ3) is 5.50. The molecule has 3 aromatic carbocycles. The summed E-state index contributed by atoms with van der Waals surface area (Å²) in [6.45, 7) is 7.13. The molecule has 8 nitrogen and oxygen atoms in total. The van der Waals surface area contributed by atoms with Crippen LogP contribution in [0.4, 0.5) is 0 Å². The number of H-pyrrole nitrogens is 2. The molecule has 1 unspecified atom stereocenters. The zero-order valence-electron chi connectivity index (χ0n) is 25.7. The molecular formula is C35H35N5O3S2. The van der Waals surface area contributed by atoms with Gasteiger partial charge < -0.3 is 14.8 Å². The number of hydrogen-bond acceptors (Lipinski definition) is 6. The number of carbonyl (C=O) groups is 1. The summed E-state index contributed by atoms with van der Waals surface area (Å²) in [5, 5.41) is 25.9. The first kappa shape index (κ1) is 29.6. The number of thioether (sulfide) groups is 2. The van der Waals surface area contributed by atoms with Crippen molar-refractivity contribution in [1.82, 2.24) is 25.0 Å². The average Bonchev–Trinajstić information content (AvgIpc) is 3.74. The fraction of sp³-hybridized carbons (Fsp3) is 0.286. The molecule has 6 aromatic rings. The summed E-state index contributed by atoms with van der Waals surface area (Å²) in [6, 6.07) is 20.9. The smallest absolute Gasteiger partial charge is 0.352 e. The van der Waals surface area contributed by atoms with Crippen LogP contribution in [0.1, 0.15) is 65.6 Å². The SMILES string of the molecule is CC1SCc2[nH]ncc2-c2cccc3c(c(C(=O)O)[nH]c23)CCCOc2cc(cc3ccccc23)SC(C)(C)c2cc1nn2C. The maximum absolute atomic E-state index is 12.4. The highest BCUT2D eigenvalue weighted by Gasteiger charge is 2.29. The molecule has 10 heteroatoms. The highest BCUT2D eigenvalue weighted by Crippen LogP contribution is 2.45. The van der Waals surface area contributed by atoms with Gasteiger partial charge in [-0.2, -0.15) is 10.2 Å². The van der Waals surface area contributed by atoms with Gasteiger partial charge in [0.05, 0.1) is 40.1 Å². The summed E-state index contributed by atoms with van der Waals surface area (Å²) < 4.78 is 8.21. The molecule has 45 heavy (non-hydrogen) atoms. The molecule has 0 saturated heterocycles. The van der Waals surface area contributed by atoms with E-state index >= 15 is 0 Å². The Morgan fingerprint density at radius 3 is 2.76 bits per heavy atom. The lowest BCUT2D eigenvalue weighted by molar-refractivity contribution is 0.0690. The number of hydrogen-bond donors (Lipinski definition) is 3. The largest absolute Gasteiger partial charge is 0.493 e. The number of aryl methyl sites for hydroxylation is 2. The summed E-state index contributed by atoms with van der Waals surface area (Å²) in [6.07, 6.45) is 3.06. The zero-order valence-corrected chi connectivity index (χ0v) is 27.3. The third-order valence-electron chi connectivity index (χ3n) is 8.57. The Hall–Kier alpha value is -4.15. The van der Waals surface area contributed by atoms with Crippen LogP contribution >= 0.6 is 23.5 Å². The summed E-state index contributed by atoms with van der Waals surface area (Å²) in [5.74, 6) is 0.570. The lowest BCUT2D eigenvalue weighted by Crippen LogP contribution is -2.16. The monoisotopic (exact) mass is 637 g/mol. The minimum Gasteiger partial charge on any atom is -0.493 e. The van der Waals surface area contributed by atoms with Crippen molar-refractivity contribution in [2.45, 2.75) is 54.3 Å². The number of carboxylic acids is 1. The van der Waals surface area contributed by atoms with Gasteiger partial charge in [0.2, 0.25) is 0 Å². The number of fused-ring (bicyclic) bond motifs is 8. The number of ether oxygens (including phenoxy) is 1. The molecule has 7 rings (SSSR count). The van der Waals surface area contributed by atoms with Gasteiger partial charge in [0.25, 0.3) is 0 Å².